The van der Waals surface area contributed by atoms with Gasteiger partial charge in [0.05, 0.1) is 13.2 Å². The maximum atomic E-state index is 11.4. The van der Waals surface area contributed by atoms with Crippen LogP contribution >= 0.6 is 8.25 Å². The summed E-state index contributed by atoms with van der Waals surface area (Å²) in [6.07, 6.45) is 6.69. The fraction of sp³-hybridized carbons (Fsp3) is 1.00. The predicted molar refractivity (Wildman–Crippen MR) is 69.1 cm³/mol. The minimum Gasteiger partial charge on any atom is -0.311 e. The highest BCUT2D eigenvalue weighted by Crippen LogP contribution is 2.26. The van der Waals surface area contributed by atoms with Crippen LogP contribution in [0.2, 0.25) is 0 Å². The molecule has 0 N–H and O–H groups in total. The quantitative estimate of drug-likeness (QED) is 0.402. The highest BCUT2D eigenvalue weighted by Gasteiger charge is 2.08. The summed E-state index contributed by atoms with van der Waals surface area (Å²) >= 11 is 0. The van der Waals surface area contributed by atoms with E-state index in [2.05, 4.69) is 20.8 Å². The van der Waals surface area contributed by atoms with Crippen molar-refractivity contribution < 1.29 is 13.6 Å². The van der Waals surface area contributed by atoms with Gasteiger partial charge < -0.3 is 9.05 Å². The van der Waals surface area contributed by atoms with Crippen LogP contribution in [0, 0.1) is 5.92 Å². The number of rotatable bonds is 11. The van der Waals surface area contributed by atoms with Gasteiger partial charge in [0.2, 0.25) is 0 Å². The summed E-state index contributed by atoms with van der Waals surface area (Å²) in [6.45, 7) is 7.56. The Kier molecular flexibility index (Phi) is 11.7. The highest BCUT2D eigenvalue weighted by molar-refractivity contribution is 7.33. The first-order valence-electron chi connectivity index (χ1n) is 6.54. The summed E-state index contributed by atoms with van der Waals surface area (Å²) in [7, 11) is -2.24. The van der Waals surface area contributed by atoms with Crippen LogP contribution in [0.3, 0.4) is 0 Å². The summed E-state index contributed by atoms with van der Waals surface area (Å²) in [6, 6.07) is 0. The lowest BCUT2D eigenvalue weighted by Crippen LogP contribution is -2.06. The van der Waals surface area contributed by atoms with E-state index in [9.17, 15) is 4.57 Å². The van der Waals surface area contributed by atoms with Crippen LogP contribution in [0.1, 0.15) is 59.3 Å². The Balaban J connectivity index is 3.54. The van der Waals surface area contributed by atoms with Gasteiger partial charge >= 0.3 is 8.25 Å². The van der Waals surface area contributed by atoms with Crippen molar-refractivity contribution in [1.29, 1.82) is 0 Å². The summed E-state index contributed by atoms with van der Waals surface area (Å²) < 4.78 is 21.7. The Hall–Kier alpha value is 0.150. The molecular weight excluding hydrogens is 223 g/mol. The Morgan fingerprint density at radius 1 is 1.06 bits per heavy atom. The Morgan fingerprint density at radius 2 is 1.75 bits per heavy atom. The molecule has 0 aromatic heterocycles. The largest absolute Gasteiger partial charge is 0.319 e. The maximum Gasteiger partial charge on any atom is 0.319 e. The molecule has 0 aromatic carbocycles. The van der Waals surface area contributed by atoms with Crippen molar-refractivity contribution in [3.05, 3.63) is 0 Å². The lowest BCUT2D eigenvalue weighted by atomic mass is 10.0. The van der Waals surface area contributed by atoms with Gasteiger partial charge in [-0.3, -0.25) is 4.57 Å². The SMILES string of the molecule is CCCCO[PH](=O)OCC(CC)CCCC. The zero-order valence-electron chi connectivity index (χ0n) is 11.0. The second-order valence-electron chi connectivity index (χ2n) is 4.18. The van der Waals surface area contributed by atoms with E-state index in [1.165, 1.54) is 12.8 Å². The summed E-state index contributed by atoms with van der Waals surface area (Å²) in [5.41, 5.74) is 0. The van der Waals surface area contributed by atoms with Gasteiger partial charge in [-0.2, -0.15) is 0 Å². The molecule has 0 heterocycles. The first-order valence-corrected chi connectivity index (χ1v) is 7.76. The van der Waals surface area contributed by atoms with Gasteiger partial charge in [-0.25, -0.2) is 0 Å². The topological polar surface area (TPSA) is 35.5 Å². The average Bonchev–Trinajstić information content (AvgIpc) is 2.30. The van der Waals surface area contributed by atoms with Crippen molar-refractivity contribution in [3.63, 3.8) is 0 Å². The fourth-order valence-electron chi connectivity index (χ4n) is 1.43. The van der Waals surface area contributed by atoms with Crippen molar-refractivity contribution in [2.75, 3.05) is 13.2 Å². The van der Waals surface area contributed by atoms with Gasteiger partial charge in [0.15, 0.2) is 0 Å². The summed E-state index contributed by atoms with van der Waals surface area (Å²) in [4.78, 5) is 0. The van der Waals surface area contributed by atoms with Gasteiger partial charge in [0.1, 0.15) is 0 Å². The second kappa shape index (κ2) is 11.6. The van der Waals surface area contributed by atoms with Crippen LogP contribution in [0.25, 0.3) is 0 Å². The van der Waals surface area contributed by atoms with E-state index >= 15 is 0 Å². The summed E-state index contributed by atoms with van der Waals surface area (Å²) in [5, 5.41) is 0. The summed E-state index contributed by atoms with van der Waals surface area (Å²) in [5.74, 6) is 0.531. The van der Waals surface area contributed by atoms with E-state index in [1.807, 2.05) is 0 Å². The van der Waals surface area contributed by atoms with Crippen molar-refractivity contribution in [3.8, 4) is 0 Å². The molecule has 2 atom stereocenters. The van der Waals surface area contributed by atoms with Crippen LogP contribution in [0.4, 0.5) is 0 Å². The van der Waals surface area contributed by atoms with Crippen molar-refractivity contribution in [2.24, 2.45) is 5.92 Å². The first-order chi connectivity index (χ1) is 7.74. The van der Waals surface area contributed by atoms with E-state index < -0.39 is 8.25 Å². The maximum absolute atomic E-state index is 11.4. The van der Waals surface area contributed by atoms with E-state index in [-0.39, 0.29) is 0 Å². The van der Waals surface area contributed by atoms with E-state index in [4.69, 9.17) is 9.05 Å². The molecule has 0 radical (unpaired) electrons. The Labute approximate surface area is 101 Å². The minimum absolute atomic E-state index is 0.531. The van der Waals surface area contributed by atoms with E-state index in [1.54, 1.807) is 0 Å². The van der Waals surface area contributed by atoms with Crippen molar-refractivity contribution >= 4 is 8.25 Å². The second-order valence-corrected chi connectivity index (χ2v) is 5.26. The molecule has 0 aliphatic carbocycles. The van der Waals surface area contributed by atoms with Crippen LogP contribution in [0.5, 0.6) is 0 Å². The van der Waals surface area contributed by atoms with E-state index in [0.29, 0.717) is 19.1 Å². The molecule has 0 bridgehead atoms. The van der Waals surface area contributed by atoms with Gasteiger partial charge in [0, 0.05) is 0 Å². The fourth-order valence-corrected chi connectivity index (χ4v) is 2.19. The van der Waals surface area contributed by atoms with Crippen molar-refractivity contribution in [2.45, 2.75) is 59.3 Å². The first kappa shape index (κ1) is 16.1. The zero-order chi connectivity index (χ0) is 12.2. The molecule has 0 aliphatic rings. The Morgan fingerprint density at radius 3 is 2.31 bits per heavy atom. The third-order valence-corrected chi connectivity index (χ3v) is 3.54. The monoisotopic (exact) mass is 250 g/mol. The van der Waals surface area contributed by atoms with Crippen LogP contribution in [-0.2, 0) is 13.6 Å². The molecule has 0 rings (SSSR count). The van der Waals surface area contributed by atoms with Gasteiger partial charge in [0.25, 0.3) is 0 Å². The molecule has 0 fully saturated rings. The average molecular weight is 250 g/mol. The van der Waals surface area contributed by atoms with Crippen LogP contribution in [0.15, 0.2) is 0 Å². The lowest BCUT2D eigenvalue weighted by Gasteiger charge is -2.14. The van der Waals surface area contributed by atoms with Crippen LogP contribution in [-0.4, -0.2) is 13.2 Å². The zero-order valence-corrected chi connectivity index (χ0v) is 12.0. The number of hydrogen-bond acceptors (Lipinski definition) is 3. The molecule has 3 nitrogen and oxygen atoms in total. The highest BCUT2D eigenvalue weighted by atomic mass is 31.1. The molecule has 4 heteroatoms. The molecule has 0 saturated carbocycles. The normalized spacial score (nSPS) is 14.9. The van der Waals surface area contributed by atoms with E-state index in [0.717, 1.165) is 25.7 Å². The molecule has 16 heavy (non-hydrogen) atoms. The van der Waals surface area contributed by atoms with Crippen molar-refractivity contribution in [1.82, 2.24) is 0 Å². The minimum atomic E-state index is -2.24. The number of hydrogen-bond donors (Lipinski definition) is 0. The molecule has 2 unspecified atom stereocenters. The molecule has 0 spiro atoms. The molecule has 98 valence electrons. The van der Waals surface area contributed by atoms with Gasteiger partial charge in [-0.15, -0.1) is 0 Å². The molecule has 0 aromatic rings. The molecule has 0 saturated heterocycles. The lowest BCUT2D eigenvalue weighted by molar-refractivity contribution is 0.187. The Bertz CT molecular complexity index is 174. The van der Waals surface area contributed by atoms with Gasteiger partial charge in [-0.05, 0) is 18.8 Å². The molecule has 0 aliphatic heterocycles. The third-order valence-electron chi connectivity index (χ3n) is 2.70. The molecule has 0 amide bonds. The van der Waals surface area contributed by atoms with Crippen LogP contribution < -0.4 is 0 Å². The van der Waals surface area contributed by atoms with Gasteiger partial charge in [-0.1, -0.05) is 46.5 Å². The third kappa shape index (κ3) is 9.38. The number of unbranched alkanes of at least 4 members (excludes halogenated alkanes) is 2. The smallest absolute Gasteiger partial charge is 0.311 e. The predicted octanol–water partition coefficient (Wildman–Crippen LogP) is 4.43. The molecular formula is C12H27O3P. The standard InChI is InChI=1S/C12H27O3P/c1-4-7-9-12(6-3)11-15-16(13)14-10-8-5-2/h12,16H,4-11H2,1-3H3.